The van der Waals surface area contributed by atoms with Crippen LogP contribution >= 0.6 is 0 Å². The molecule has 0 bridgehead atoms. The summed E-state index contributed by atoms with van der Waals surface area (Å²) in [4.78, 5) is 38.9. The van der Waals surface area contributed by atoms with Gasteiger partial charge in [-0.2, -0.15) is 4.99 Å². The lowest BCUT2D eigenvalue weighted by Crippen LogP contribution is -2.34. The Kier molecular flexibility index (Phi) is 2.58. The first kappa shape index (κ1) is 11.8. The lowest BCUT2D eigenvalue weighted by atomic mass is 9.92. The van der Waals surface area contributed by atoms with Gasteiger partial charge in [-0.3, -0.25) is 25.0 Å². The van der Waals surface area contributed by atoms with Crippen LogP contribution in [0.25, 0.3) is 0 Å². The normalized spacial score (nSPS) is 22.3. The van der Waals surface area contributed by atoms with Crippen LogP contribution in [0.1, 0.15) is 6.92 Å². The topological polar surface area (TPSA) is 128 Å². The zero-order valence-corrected chi connectivity index (χ0v) is 9.06. The molecule has 0 aromatic rings. The number of hydrogen-bond acceptors (Lipinski definition) is 6. The number of carbonyl (C=O) groups is 1. The van der Waals surface area contributed by atoms with E-state index in [1.165, 1.54) is 6.92 Å². The van der Waals surface area contributed by atoms with Gasteiger partial charge >= 0.3 is 0 Å². The second kappa shape index (κ2) is 3.95. The minimum atomic E-state index is -1.26. The summed E-state index contributed by atoms with van der Waals surface area (Å²) < 4.78 is 0. The fourth-order valence-electron chi connectivity index (χ4n) is 1.71. The van der Waals surface area contributed by atoms with Gasteiger partial charge < -0.3 is 0 Å². The van der Waals surface area contributed by atoms with E-state index in [1.54, 1.807) is 0 Å². The quantitative estimate of drug-likeness (QED) is 0.515. The molecule has 1 heterocycles. The second-order valence-corrected chi connectivity index (χ2v) is 3.62. The van der Waals surface area contributed by atoms with E-state index in [4.69, 9.17) is 0 Å². The molecule has 0 saturated carbocycles. The first-order valence-corrected chi connectivity index (χ1v) is 4.80. The summed E-state index contributed by atoms with van der Waals surface area (Å²) in [6.45, 7) is 1.44. The van der Waals surface area contributed by atoms with E-state index in [1.807, 2.05) is 0 Å². The second-order valence-electron chi connectivity index (χ2n) is 3.62. The molecule has 2 aliphatic rings. The van der Waals surface area contributed by atoms with Gasteiger partial charge in [0.15, 0.2) is 5.92 Å². The van der Waals surface area contributed by atoms with Gasteiger partial charge in [0, 0.05) is 6.08 Å². The van der Waals surface area contributed by atoms with E-state index >= 15 is 0 Å². The molecule has 1 aliphatic heterocycles. The van der Waals surface area contributed by atoms with Crippen LogP contribution in [-0.2, 0) is 4.79 Å². The molecule has 18 heavy (non-hydrogen) atoms. The molecule has 0 aromatic carbocycles. The molecule has 9 heteroatoms. The summed E-state index contributed by atoms with van der Waals surface area (Å²) in [5.41, 5.74) is -1.07. The highest BCUT2D eigenvalue weighted by atomic mass is 16.6. The monoisotopic (exact) mass is 250 g/mol. The Bertz CT molecular complexity index is 598. The highest BCUT2D eigenvalue weighted by molar-refractivity contribution is 6.21. The summed E-state index contributed by atoms with van der Waals surface area (Å²) in [6, 6.07) is 0. The number of amides is 1. The van der Waals surface area contributed by atoms with Crippen LogP contribution in [0.3, 0.4) is 0 Å². The SMILES string of the molecule is CC1=NC(=O)C2C([N+](=O)[O-])=CC([N+](=O)[O-])=CC2=N1. The van der Waals surface area contributed by atoms with Crippen LogP contribution in [0.4, 0.5) is 0 Å². The van der Waals surface area contributed by atoms with E-state index in [0.717, 1.165) is 12.2 Å². The van der Waals surface area contributed by atoms with Gasteiger partial charge in [0.1, 0.15) is 5.84 Å². The maximum absolute atomic E-state index is 11.6. The Balaban J connectivity index is 2.60. The van der Waals surface area contributed by atoms with Gasteiger partial charge in [-0.15, -0.1) is 0 Å². The molecule has 0 fully saturated rings. The molecule has 0 spiro atoms. The molecule has 1 aliphatic carbocycles. The van der Waals surface area contributed by atoms with Gasteiger partial charge in [0.25, 0.3) is 17.3 Å². The van der Waals surface area contributed by atoms with Crippen LogP contribution in [-0.4, -0.2) is 27.3 Å². The van der Waals surface area contributed by atoms with E-state index in [9.17, 15) is 25.0 Å². The van der Waals surface area contributed by atoms with Crippen molar-refractivity contribution in [3.63, 3.8) is 0 Å². The van der Waals surface area contributed by atoms with Crippen molar-refractivity contribution >= 4 is 17.5 Å². The summed E-state index contributed by atoms with van der Waals surface area (Å²) in [5, 5.41) is 21.5. The summed E-state index contributed by atoms with van der Waals surface area (Å²) in [6.07, 6.45) is 1.81. The molecule has 0 radical (unpaired) electrons. The van der Waals surface area contributed by atoms with E-state index < -0.39 is 33.1 Å². The number of rotatable bonds is 2. The maximum Gasteiger partial charge on any atom is 0.277 e. The predicted octanol–water partition coefficient (Wildman–Crippen LogP) is 0.337. The molecule has 1 atom stereocenters. The van der Waals surface area contributed by atoms with Gasteiger partial charge in [0.05, 0.1) is 21.6 Å². The smallest absolute Gasteiger partial charge is 0.271 e. The molecule has 2 rings (SSSR count). The third-order valence-electron chi connectivity index (χ3n) is 2.41. The summed E-state index contributed by atoms with van der Waals surface area (Å²) in [5.74, 6) is -1.87. The van der Waals surface area contributed by atoms with Crippen molar-refractivity contribution in [2.75, 3.05) is 0 Å². The predicted molar refractivity (Wildman–Crippen MR) is 59.2 cm³/mol. The first-order valence-electron chi connectivity index (χ1n) is 4.80. The number of nitrogens with zero attached hydrogens (tertiary/aromatic N) is 4. The third-order valence-corrected chi connectivity index (χ3v) is 2.41. The van der Waals surface area contributed by atoms with Gasteiger partial charge in [-0.25, -0.2) is 4.99 Å². The van der Waals surface area contributed by atoms with E-state index in [0.29, 0.717) is 0 Å². The van der Waals surface area contributed by atoms with Gasteiger partial charge in [-0.1, -0.05) is 0 Å². The lowest BCUT2D eigenvalue weighted by molar-refractivity contribution is -0.438. The Morgan fingerprint density at radius 1 is 1.17 bits per heavy atom. The van der Waals surface area contributed by atoms with Crippen molar-refractivity contribution in [3.05, 3.63) is 43.8 Å². The number of allylic oxidation sites excluding steroid dienone is 2. The van der Waals surface area contributed by atoms with Crippen LogP contribution in [0, 0.1) is 26.1 Å². The zero-order valence-electron chi connectivity index (χ0n) is 9.06. The molecule has 0 aromatic heterocycles. The highest BCUT2D eigenvalue weighted by Crippen LogP contribution is 2.26. The average Bonchev–Trinajstić information content (AvgIpc) is 2.26. The minimum Gasteiger partial charge on any atom is -0.271 e. The van der Waals surface area contributed by atoms with Crippen molar-refractivity contribution in [2.45, 2.75) is 6.92 Å². The molecule has 1 amide bonds. The molecule has 0 N–H and O–H groups in total. The summed E-state index contributed by atoms with van der Waals surface area (Å²) >= 11 is 0. The zero-order chi connectivity index (χ0) is 13.4. The average molecular weight is 250 g/mol. The van der Waals surface area contributed by atoms with Crippen molar-refractivity contribution < 1.29 is 14.6 Å². The van der Waals surface area contributed by atoms with E-state index in [2.05, 4.69) is 9.98 Å². The van der Waals surface area contributed by atoms with Crippen LogP contribution < -0.4 is 0 Å². The first-order chi connectivity index (χ1) is 8.40. The minimum absolute atomic E-state index is 0.0200. The Morgan fingerprint density at radius 2 is 1.83 bits per heavy atom. The molecular formula is C9H6N4O5. The Hall–Kier alpha value is -2.71. The molecule has 1 unspecified atom stereocenters. The molecule has 92 valence electrons. The largest absolute Gasteiger partial charge is 0.277 e. The third kappa shape index (κ3) is 1.81. The van der Waals surface area contributed by atoms with Gasteiger partial charge in [-0.05, 0) is 6.92 Å². The highest BCUT2D eigenvalue weighted by Gasteiger charge is 2.42. The molecule has 0 saturated heterocycles. The maximum atomic E-state index is 11.6. The Labute approximate surface area is 99.5 Å². The fourth-order valence-corrected chi connectivity index (χ4v) is 1.71. The molecule has 9 nitrogen and oxygen atoms in total. The number of aliphatic imine (C=N–C) groups is 2. The van der Waals surface area contributed by atoms with Crippen LogP contribution in [0.2, 0.25) is 0 Å². The number of hydrogen-bond donors (Lipinski definition) is 0. The number of carbonyl (C=O) groups excluding carboxylic acids is 1. The number of nitro groups is 2. The summed E-state index contributed by atoms with van der Waals surface area (Å²) in [7, 11) is 0. The van der Waals surface area contributed by atoms with Crippen molar-refractivity contribution in [1.82, 2.24) is 0 Å². The lowest BCUT2D eigenvalue weighted by Gasteiger charge is -2.17. The number of amidine groups is 1. The van der Waals surface area contributed by atoms with Crippen molar-refractivity contribution in [2.24, 2.45) is 15.9 Å². The van der Waals surface area contributed by atoms with Crippen molar-refractivity contribution in [3.8, 4) is 0 Å². The van der Waals surface area contributed by atoms with Crippen molar-refractivity contribution in [1.29, 1.82) is 0 Å². The fraction of sp³-hybridized carbons (Fsp3) is 0.222. The van der Waals surface area contributed by atoms with Gasteiger partial charge in [0.2, 0.25) is 0 Å². The van der Waals surface area contributed by atoms with E-state index in [-0.39, 0.29) is 11.5 Å². The van der Waals surface area contributed by atoms with Crippen LogP contribution in [0.15, 0.2) is 33.5 Å². The molecular weight excluding hydrogens is 244 g/mol. The number of fused-ring (bicyclic) bond motifs is 1. The Morgan fingerprint density at radius 3 is 2.39 bits per heavy atom. The van der Waals surface area contributed by atoms with Crippen LogP contribution in [0.5, 0.6) is 0 Å². The standard InChI is InChI=1S/C9H6N4O5/c1-4-10-6-2-5(12(15)16)3-7(13(17)18)8(6)9(14)11-4/h2-3,8H,1H3.